The first-order valence-corrected chi connectivity index (χ1v) is 6.28. The molecule has 86 valence electrons. The zero-order valence-corrected chi connectivity index (χ0v) is 9.43. The van der Waals surface area contributed by atoms with Crippen LogP contribution < -0.4 is 11.1 Å². The van der Waals surface area contributed by atoms with Crippen LogP contribution in [0.5, 0.6) is 0 Å². The molecule has 2 aliphatic carbocycles. The van der Waals surface area contributed by atoms with Crippen molar-refractivity contribution >= 4 is 5.91 Å². The Kier molecular flexibility index (Phi) is 3.29. The van der Waals surface area contributed by atoms with Crippen molar-refractivity contribution in [2.45, 2.75) is 56.9 Å². The van der Waals surface area contributed by atoms with Gasteiger partial charge in [-0.05, 0) is 25.7 Å². The third-order valence-corrected chi connectivity index (χ3v) is 3.86. The average molecular weight is 210 g/mol. The van der Waals surface area contributed by atoms with Gasteiger partial charge >= 0.3 is 0 Å². The van der Waals surface area contributed by atoms with Crippen LogP contribution >= 0.6 is 0 Å². The van der Waals surface area contributed by atoms with Gasteiger partial charge in [-0.1, -0.05) is 25.7 Å². The number of rotatable bonds is 3. The standard InChI is InChI=1S/C12H22N2O/c13-9-12(7-8-12)14-11(15)10-5-3-1-2-4-6-10/h10H,1-9,13H2,(H,14,15). The molecule has 3 nitrogen and oxygen atoms in total. The summed E-state index contributed by atoms with van der Waals surface area (Å²) in [7, 11) is 0. The van der Waals surface area contributed by atoms with E-state index in [1.165, 1.54) is 25.7 Å². The Morgan fingerprint density at radius 3 is 2.27 bits per heavy atom. The average Bonchev–Trinajstić information content (AvgIpc) is 3.00. The summed E-state index contributed by atoms with van der Waals surface area (Å²) in [5.41, 5.74) is 5.65. The zero-order chi connectivity index (χ0) is 10.7. The van der Waals surface area contributed by atoms with Crippen molar-refractivity contribution in [2.75, 3.05) is 6.54 Å². The molecule has 2 rings (SSSR count). The normalized spacial score (nSPS) is 25.7. The highest BCUT2D eigenvalue weighted by molar-refractivity contribution is 5.79. The lowest BCUT2D eigenvalue weighted by Gasteiger charge is -2.20. The van der Waals surface area contributed by atoms with Crippen molar-refractivity contribution < 1.29 is 4.79 Å². The van der Waals surface area contributed by atoms with E-state index in [4.69, 9.17) is 5.73 Å². The van der Waals surface area contributed by atoms with E-state index >= 15 is 0 Å². The molecule has 0 aliphatic heterocycles. The van der Waals surface area contributed by atoms with Crippen molar-refractivity contribution in [3.8, 4) is 0 Å². The lowest BCUT2D eigenvalue weighted by molar-refractivity contribution is -0.126. The van der Waals surface area contributed by atoms with Crippen molar-refractivity contribution in [3.05, 3.63) is 0 Å². The highest BCUT2D eigenvalue weighted by atomic mass is 16.2. The zero-order valence-electron chi connectivity index (χ0n) is 9.43. The number of nitrogens with one attached hydrogen (secondary N) is 1. The smallest absolute Gasteiger partial charge is 0.223 e. The second-order valence-corrected chi connectivity index (χ2v) is 5.16. The van der Waals surface area contributed by atoms with Crippen molar-refractivity contribution in [1.29, 1.82) is 0 Å². The fourth-order valence-corrected chi connectivity index (χ4v) is 2.44. The molecule has 0 spiro atoms. The molecular formula is C12H22N2O. The van der Waals surface area contributed by atoms with Gasteiger partial charge in [-0.3, -0.25) is 4.79 Å². The van der Waals surface area contributed by atoms with Gasteiger partial charge in [-0.25, -0.2) is 0 Å². The first kappa shape index (κ1) is 10.9. The summed E-state index contributed by atoms with van der Waals surface area (Å²) in [5, 5.41) is 3.15. The van der Waals surface area contributed by atoms with E-state index in [1.807, 2.05) is 0 Å². The van der Waals surface area contributed by atoms with Gasteiger partial charge in [0, 0.05) is 12.5 Å². The molecule has 0 bridgehead atoms. The summed E-state index contributed by atoms with van der Waals surface area (Å²) in [6, 6.07) is 0. The molecule has 15 heavy (non-hydrogen) atoms. The number of carbonyl (C=O) groups excluding carboxylic acids is 1. The Morgan fingerprint density at radius 2 is 1.80 bits per heavy atom. The second-order valence-electron chi connectivity index (χ2n) is 5.16. The Hall–Kier alpha value is -0.570. The molecule has 3 N–H and O–H groups in total. The first-order valence-electron chi connectivity index (χ1n) is 6.28. The lowest BCUT2D eigenvalue weighted by Crippen LogP contribution is -2.45. The predicted octanol–water partition coefficient (Wildman–Crippen LogP) is 1.56. The van der Waals surface area contributed by atoms with Gasteiger partial charge in [0.25, 0.3) is 0 Å². The molecule has 1 amide bonds. The van der Waals surface area contributed by atoms with E-state index in [2.05, 4.69) is 5.32 Å². The van der Waals surface area contributed by atoms with Gasteiger partial charge in [0.2, 0.25) is 5.91 Å². The number of hydrogen-bond donors (Lipinski definition) is 2. The highest BCUT2D eigenvalue weighted by Crippen LogP contribution is 2.35. The van der Waals surface area contributed by atoms with Crippen LogP contribution in [0.1, 0.15) is 51.4 Å². The van der Waals surface area contributed by atoms with E-state index in [0.717, 1.165) is 25.7 Å². The largest absolute Gasteiger partial charge is 0.349 e. The van der Waals surface area contributed by atoms with Crippen LogP contribution in [0.25, 0.3) is 0 Å². The van der Waals surface area contributed by atoms with Crippen molar-refractivity contribution in [1.82, 2.24) is 5.32 Å². The summed E-state index contributed by atoms with van der Waals surface area (Å²) in [5.74, 6) is 0.524. The quantitative estimate of drug-likeness (QED) is 0.695. The van der Waals surface area contributed by atoms with Crippen LogP contribution in [-0.2, 0) is 4.79 Å². The number of hydrogen-bond acceptors (Lipinski definition) is 2. The van der Waals surface area contributed by atoms with E-state index in [-0.39, 0.29) is 17.4 Å². The van der Waals surface area contributed by atoms with Gasteiger partial charge < -0.3 is 11.1 Å². The third-order valence-electron chi connectivity index (χ3n) is 3.86. The molecular weight excluding hydrogens is 188 g/mol. The topological polar surface area (TPSA) is 55.1 Å². The van der Waals surface area contributed by atoms with Gasteiger partial charge in [0.1, 0.15) is 0 Å². The van der Waals surface area contributed by atoms with E-state index < -0.39 is 0 Å². The predicted molar refractivity (Wildman–Crippen MR) is 60.4 cm³/mol. The van der Waals surface area contributed by atoms with Crippen LogP contribution in [0.3, 0.4) is 0 Å². The van der Waals surface area contributed by atoms with Crippen LogP contribution in [0.4, 0.5) is 0 Å². The summed E-state index contributed by atoms with van der Waals surface area (Å²) >= 11 is 0. The molecule has 0 radical (unpaired) electrons. The molecule has 0 aromatic carbocycles. The monoisotopic (exact) mass is 210 g/mol. The van der Waals surface area contributed by atoms with Crippen LogP contribution in [-0.4, -0.2) is 18.0 Å². The van der Waals surface area contributed by atoms with Gasteiger partial charge in [-0.2, -0.15) is 0 Å². The maximum absolute atomic E-state index is 12.0. The van der Waals surface area contributed by atoms with Gasteiger partial charge in [0.05, 0.1) is 5.54 Å². The minimum Gasteiger partial charge on any atom is -0.349 e. The summed E-state index contributed by atoms with van der Waals surface area (Å²) in [4.78, 5) is 12.0. The Bertz CT molecular complexity index is 228. The SMILES string of the molecule is NCC1(NC(=O)C2CCCCCC2)CC1. The molecule has 0 aromatic heterocycles. The fraction of sp³-hybridized carbons (Fsp3) is 0.917. The fourth-order valence-electron chi connectivity index (χ4n) is 2.44. The minimum absolute atomic E-state index is 0.0105. The minimum atomic E-state index is -0.0105. The second kappa shape index (κ2) is 4.52. The van der Waals surface area contributed by atoms with Crippen LogP contribution in [0, 0.1) is 5.92 Å². The molecule has 0 saturated heterocycles. The number of nitrogens with two attached hydrogens (primary N) is 1. The molecule has 0 atom stereocenters. The maximum Gasteiger partial charge on any atom is 0.223 e. The maximum atomic E-state index is 12.0. The molecule has 0 heterocycles. The summed E-state index contributed by atoms with van der Waals surface area (Å²) < 4.78 is 0. The molecule has 3 heteroatoms. The Balaban J connectivity index is 1.83. The molecule has 0 aromatic rings. The lowest BCUT2D eigenvalue weighted by atomic mass is 9.99. The molecule has 0 unspecified atom stereocenters. The van der Waals surface area contributed by atoms with Crippen LogP contribution in [0.15, 0.2) is 0 Å². The summed E-state index contributed by atoms with van der Waals surface area (Å²) in [6.07, 6.45) is 9.32. The van der Waals surface area contributed by atoms with Crippen molar-refractivity contribution in [2.24, 2.45) is 11.7 Å². The molecule has 2 aliphatic rings. The van der Waals surface area contributed by atoms with E-state index in [9.17, 15) is 4.79 Å². The van der Waals surface area contributed by atoms with Crippen LogP contribution in [0.2, 0.25) is 0 Å². The summed E-state index contributed by atoms with van der Waals surface area (Å²) in [6.45, 7) is 0.603. The van der Waals surface area contributed by atoms with E-state index in [1.54, 1.807) is 0 Å². The Labute approximate surface area is 91.8 Å². The molecule has 2 saturated carbocycles. The van der Waals surface area contributed by atoms with Gasteiger partial charge in [0.15, 0.2) is 0 Å². The third kappa shape index (κ3) is 2.71. The first-order chi connectivity index (χ1) is 7.26. The number of amides is 1. The van der Waals surface area contributed by atoms with E-state index in [0.29, 0.717) is 6.54 Å². The highest BCUT2D eigenvalue weighted by Gasteiger charge is 2.43. The number of carbonyl (C=O) groups is 1. The Morgan fingerprint density at radius 1 is 1.20 bits per heavy atom. The molecule has 2 fully saturated rings. The van der Waals surface area contributed by atoms with Gasteiger partial charge in [-0.15, -0.1) is 0 Å². The van der Waals surface area contributed by atoms with Crippen molar-refractivity contribution in [3.63, 3.8) is 0 Å².